The van der Waals surface area contributed by atoms with Crippen molar-refractivity contribution < 1.29 is 13.5 Å². The van der Waals surface area contributed by atoms with Gasteiger partial charge in [-0.3, -0.25) is 0 Å². The summed E-state index contributed by atoms with van der Waals surface area (Å²) in [7, 11) is -3.63. The minimum absolute atomic E-state index is 0.134. The van der Waals surface area contributed by atoms with E-state index in [0.717, 1.165) is 4.88 Å². The van der Waals surface area contributed by atoms with E-state index < -0.39 is 10.0 Å². The number of sulfonamides is 1. The first-order valence-electron chi connectivity index (χ1n) is 6.59. The highest BCUT2D eigenvalue weighted by Crippen LogP contribution is 2.27. The molecule has 21 heavy (non-hydrogen) atoms. The standard InChI is InChI=1S/C15H19NO3S2/c1-15(2,14-8-5-9-20-14)11-16-21(18,19)13-7-4-3-6-12(13)10-17/h3-9,16-17H,10-11H2,1-2H3. The zero-order valence-corrected chi connectivity index (χ0v) is 13.7. The molecule has 0 aliphatic carbocycles. The summed E-state index contributed by atoms with van der Waals surface area (Å²) in [6, 6.07) is 10.4. The summed E-state index contributed by atoms with van der Waals surface area (Å²) in [5.74, 6) is 0. The van der Waals surface area contributed by atoms with Gasteiger partial charge in [0, 0.05) is 16.8 Å². The van der Waals surface area contributed by atoms with Crippen LogP contribution in [0.2, 0.25) is 0 Å². The number of nitrogens with one attached hydrogen (secondary N) is 1. The van der Waals surface area contributed by atoms with E-state index in [9.17, 15) is 13.5 Å². The first-order chi connectivity index (χ1) is 9.87. The van der Waals surface area contributed by atoms with Gasteiger partial charge in [0.1, 0.15) is 0 Å². The number of aliphatic hydroxyl groups is 1. The zero-order valence-electron chi connectivity index (χ0n) is 12.0. The summed E-state index contributed by atoms with van der Waals surface area (Å²) in [6.07, 6.45) is 0. The zero-order chi connectivity index (χ0) is 15.5. The molecule has 2 N–H and O–H groups in total. The molecule has 0 radical (unpaired) electrons. The second-order valence-corrected chi connectivity index (χ2v) is 8.13. The Hall–Kier alpha value is -1.21. The molecule has 0 atom stereocenters. The maximum Gasteiger partial charge on any atom is 0.240 e. The molecule has 0 bridgehead atoms. The van der Waals surface area contributed by atoms with Crippen LogP contribution in [0, 0.1) is 0 Å². The first-order valence-corrected chi connectivity index (χ1v) is 8.95. The highest BCUT2D eigenvalue weighted by Gasteiger charge is 2.26. The molecule has 1 aromatic carbocycles. The van der Waals surface area contributed by atoms with E-state index >= 15 is 0 Å². The Balaban J connectivity index is 2.19. The second-order valence-electron chi connectivity index (χ2n) is 5.45. The summed E-state index contributed by atoms with van der Waals surface area (Å²) in [5.41, 5.74) is 0.119. The fourth-order valence-electron chi connectivity index (χ4n) is 2.00. The molecule has 1 aromatic heterocycles. The second kappa shape index (κ2) is 6.27. The number of benzene rings is 1. The third kappa shape index (κ3) is 3.71. The molecule has 0 aliphatic heterocycles. The molecule has 114 valence electrons. The maximum atomic E-state index is 12.4. The fraction of sp³-hybridized carbons (Fsp3) is 0.333. The van der Waals surface area contributed by atoms with Gasteiger partial charge in [0.05, 0.1) is 11.5 Å². The lowest BCUT2D eigenvalue weighted by molar-refractivity contribution is 0.278. The summed E-state index contributed by atoms with van der Waals surface area (Å²) >= 11 is 1.61. The van der Waals surface area contributed by atoms with E-state index in [1.54, 1.807) is 29.5 Å². The predicted octanol–water partition coefficient (Wildman–Crippen LogP) is 2.50. The van der Waals surface area contributed by atoms with Crippen LogP contribution in [0.4, 0.5) is 0 Å². The van der Waals surface area contributed by atoms with E-state index in [1.807, 2.05) is 31.4 Å². The van der Waals surface area contributed by atoms with Gasteiger partial charge in [-0.1, -0.05) is 38.1 Å². The van der Waals surface area contributed by atoms with Gasteiger partial charge in [-0.05, 0) is 23.1 Å². The Morgan fingerprint density at radius 3 is 2.52 bits per heavy atom. The van der Waals surface area contributed by atoms with E-state index in [1.165, 1.54) is 6.07 Å². The van der Waals surface area contributed by atoms with Crippen molar-refractivity contribution in [2.75, 3.05) is 6.54 Å². The molecule has 2 rings (SSSR count). The summed E-state index contributed by atoms with van der Waals surface area (Å²) < 4.78 is 27.5. The Kier molecular flexibility index (Phi) is 4.83. The Labute approximate surface area is 129 Å². The van der Waals surface area contributed by atoms with Gasteiger partial charge in [-0.15, -0.1) is 11.3 Å². The molecule has 0 spiro atoms. The van der Waals surface area contributed by atoms with Crippen molar-refractivity contribution in [1.82, 2.24) is 4.72 Å². The van der Waals surface area contributed by atoms with Crippen LogP contribution in [0.25, 0.3) is 0 Å². The van der Waals surface area contributed by atoms with E-state index in [0.29, 0.717) is 12.1 Å². The molecule has 1 heterocycles. The van der Waals surface area contributed by atoms with Crippen molar-refractivity contribution >= 4 is 21.4 Å². The van der Waals surface area contributed by atoms with E-state index in [-0.39, 0.29) is 16.9 Å². The van der Waals surface area contributed by atoms with Crippen LogP contribution < -0.4 is 4.72 Å². The third-order valence-electron chi connectivity index (χ3n) is 3.32. The lowest BCUT2D eigenvalue weighted by Crippen LogP contribution is -2.36. The summed E-state index contributed by atoms with van der Waals surface area (Å²) in [5, 5.41) is 11.2. The normalized spacial score (nSPS) is 12.5. The van der Waals surface area contributed by atoms with Gasteiger partial charge in [0.25, 0.3) is 0 Å². The van der Waals surface area contributed by atoms with Crippen molar-refractivity contribution in [3.63, 3.8) is 0 Å². The van der Waals surface area contributed by atoms with Crippen LogP contribution in [0.3, 0.4) is 0 Å². The highest BCUT2D eigenvalue weighted by molar-refractivity contribution is 7.89. The summed E-state index contributed by atoms with van der Waals surface area (Å²) in [4.78, 5) is 1.26. The molecule has 2 aromatic rings. The topological polar surface area (TPSA) is 66.4 Å². The lowest BCUT2D eigenvalue weighted by atomic mass is 9.92. The molecule has 6 heteroatoms. The van der Waals surface area contributed by atoms with Crippen LogP contribution in [0.1, 0.15) is 24.3 Å². The van der Waals surface area contributed by atoms with Crippen LogP contribution in [-0.4, -0.2) is 20.1 Å². The number of hydrogen-bond donors (Lipinski definition) is 2. The Morgan fingerprint density at radius 1 is 1.19 bits per heavy atom. The Bertz CT molecular complexity index is 691. The maximum absolute atomic E-state index is 12.4. The van der Waals surface area contributed by atoms with Crippen LogP contribution in [0.15, 0.2) is 46.7 Å². The average Bonchev–Trinajstić information content (AvgIpc) is 3.00. The van der Waals surface area contributed by atoms with Gasteiger partial charge in [0.2, 0.25) is 10.0 Å². The molecule has 0 amide bonds. The molecular weight excluding hydrogens is 306 g/mol. The molecule has 0 fully saturated rings. The van der Waals surface area contributed by atoms with Gasteiger partial charge in [-0.25, -0.2) is 13.1 Å². The number of hydrogen-bond acceptors (Lipinski definition) is 4. The van der Waals surface area contributed by atoms with E-state index in [2.05, 4.69) is 4.72 Å². The van der Waals surface area contributed by atoms with Crippen molar-refractivity contribution in [3.05, 3.63) is 52.2 Å². The molecule has 0 aliphatic rings. The quantitative estimate of drug-likeness (QED) is 0.857. The predicted molar refractivity (Wildman–Crippen MR) is 84.9 cm³/mol. The van der Waals surface area contributed by atoms with Crippen molar-refractivity contribution in [2.24, 2.45) is 0 Å². The lowest BCUT2D eigenvalue weighted by Gasteiger charge is -2.24. The molecule has 0 saturated heterocycles. The van der Waals surface area contributed by atoms with Crippen LogP contribution in [0.5, 0.6) is 0 Å². The monoisotopic (exact) mass is 325 g/mol. The molecular formula is C15H19NO3S2. The number of rotatable bonds is 6. The van der Waals surface area contributed by atoms with Crippen LogP contribution >= 0.6 is 11.3 Å². The number of aliphatic hydroxyl groups excluding tert-OH is 1. The van der Waals surface area contributed by atoms with Crippen molar-refractivity contribution in [1.29, 1.82) is 0 Å². The van der Waals surface area contributed by atoms with Crippen LogP contribution in [-0.2, 0) is 22.0 Å². The van der Waals surface area contributed by atoms with Gasteiger partial charge < -0.3 is 5.11 Å². The highest BCUT2D eigenvalue weighted by atomic mass is 32.2. The SMILES string of the molecule is CC(C)(CNS(=O)(=O)c1ccccc1CO)c1cccs1. The largest absolute Gasteiger partial charge is 0.392 e. The van der Waals surface area contributed by atoms with Gasteiger partial charge in [-0.2, -0.15) is 0 Å². The van der Waals surface area contributed by atoms with Crippen molar-refractivity contribution in [3.8, 4) is 0 Å². The average molecular weight is 325 g/mol. The number of thiophene rings is 1. The smallest absolute Gasteiger partial charge is 0.240 e. The minimum atomic E-state index is -3.63. The summed E-state index contributed by atoms with van der Waals surface area (Å²) in [6.45, 7) is 4.00. The minimum Gasteiger partial charge on any atom is -0.392 e. The Morgan fingerprint density at radius 2 is 1.90 bits per heavy atom. The molecule has 0 saturated carbocycles. The van der Waals surface area contributed by atoms with Gasteiger partial charge in [0.15, 0.2) is 0 Å². The van der Waals surface area contributed by atoms with Gasteiger partial charge >= 0.3 is 0 Å². The van der Waals surface area contributed by atoms with Crippen molar-refractivity contribution in [2.45, 2.75) is 30.8 Å². The van der Waals surface area contributed by atoms with E-state index in [4.69, 9.17) is 0 Å². The third-order valence-corrected chi connectivity index (χ3v) is 6.06. The fourth-order valence-corrected chi connectivity index (χ4v) is 4.29. The molecule has 0 unspecified atom stereocenters. The molecule has 4 nitrogen and oxygen atoms in total. The first kappa shape index (κ1) is 16.2.